The van der Waals surface area contributed by atoms with E-state index in [1.165, 1.54) is 4.90 Å². The lowest BCUT2D eigenvalue weighted by Gasteiger charge is -2.25. The second-order valence-electron chi connectivity index (χ2n) is 5.64. The molecule has 1 aromatic carbocycles. The fourth-order valence-electron chi connectivity index (χ4n) is 3.00. The summed E-state index contributed by atoms with van der Waals surface area (Å²) < 4.78 is 24.6. The van der Waals surface area contributed by atoms with Crippen LogP contribution in [0.2, 0.25) is 0 Å². The van der Waals surface area contributed by atoms with E-state index in [0.29, 0.717) is 22.4 Å². The number of benzene rings is 1. The minimum atomic E-state index is -3.34. The molecule has 0 saturated carbocycles. The van der Waals surface area contributed by atoms with Crippen LogP contribution in [-0.2, 0) is 16.3 Å². The van der Waals surface area contributed by atoms with Gasteiger partial charge in [-0.25, -0.2) is 8.42 Å². The third kappa shape index (κ3) is 2.63. The molecule has 120 valence electrons. The van der Waals surface area contributed by atoms with Crippen LogP contribution in [0.3, 0.4) is 0 Å². The number of fused-ring (bicyclic) bond motifs is 1. The summed E-state index contributed by atoms with van der Waals surface area (Å²) >= 11 is 0. The SMILES string of the molecule is CCc1cnccc1C(=O)N(C)C1CS(=O)(=O)c2ccccc21. The molecule has 0 aliphatic carbocycles. The van der Waals surface area contributed by atoms with E-state index in [4.69, 9.17) is 0 Å². The highest BCUT2D eigenvalue weighted by Crippen LogP contribution is 2.37. The topological polar surface area (TPSA) is 67.3 Å². The van der Waals surface area contributed by atoms with Crippen molar-refractivity contribution in [1.82, 2.24) is 9.88 Å². The number of aromatic nitrogens is 1. The third-order valence-electron chi connectivity index (χ3n) is 4.29. The van der Waals surface area contributed by atoms with Crippen LogP contribution < -0.4 is 0 Å². The average Bonchev–Trinajstić information content (AvgIpc) is 2.85. The van der Waals surface area contributed by atoms with E-state index in [1.54, 1.807) is 49.8 Å². The summed E-state index contributed by atoms with van der Waals surface area (Å²) in [6, 6.07) is 8.12. The van der Waals surface area contributed by atoms with Gasteiger partial charge in [-0.15, -0.1) is 0 Å². The quantitative estimate of drug-likeness (QED) is 0.865. The van der Waals surface area contributed by atoms with Crippen LogP contribution in [0.1, 0.15) is 34.5 Å². The highest BCUT2D eigenvalue weighted by Gasteiger charge is 2.38. The van der Waals surface area contributed by atoms with Gasteiger partial charge < -0.3 is 4.90 Å². The first-order chi connectivity index (χ1) is 11.0. The summed E-state index contributed by atoms with van der Waals surface area (Å²) in [5.41, 5.74) is 2.13. The van der Waals surface area contributed by atoms with Crippen molar-refractivity contribution in [3.05, 3.63) is 59.4 Å². The Morgan fingerprint density at radius 3 is 2.78 bits per heavy atom. The summed E-state index contributed by atoms with van der Waals surface area (Å²) in [6.07, 6.45) is 3.96. The molecule has 6 heteroatoms. The van der Waals surface area contributed by atoms with Crippen molar-refractivity contribution in [3.8, 4) is 0 Å². The number of amides is 1. The van der Waals surface area contributed by atoms with E-state index in [9.17, 15) is 13.2 Å². The zero-order chi connectivity index (χ0) is 16.6. The Bertz CT molecular complexity index is 862. The molecule has 1 unspecified atom stereocenters. The Kier molecular flexibility index (Phi) is 3.93. The van der Waals surface area contributed by atoms with Crippen LogP contribution in [0.4, 0.5) is 0 Å². The normalized spacial score (nSPS) is 18.4. The molecule has 3 rings (SSSR count). The Morgan fingerprint density at radius 2 is 2.04 bits per heavy atom. The number of hydrogen-bond donors (Lipinski definition) is 0. The van der Waals surface area contributed by atoms with E-state index in [0.717, 1.165) is 5.56 Å². The molecule has 0 fully saturated rings. The number of hydrogen-bond acceptors (Lipinski definition) is 4. The van der Waals surface area contributed by atoms with Gasteiger partial charge in [-0.2, -0.15) is 0 Å². The van der Waals surface area contributed by atoms with Gasteiger partial charge in [-0.3, -0.25) is 9.78 Å². The zero-order valence-electron chi connectivity index (χ0n) is 13.1. The molecule has 2 aromatic rings. The van der Waals surface area contributed by atoms with E-state index >= 15 is 0 Å². The summed E-state index contributed by atoms with van der Waals surface area (Å²) in [4.78, 5) is 18.7. The lowest BCUT2D eigenvalue weighted by atomic mass is 10.0. The Balaban J connectivity index is 1.99. The number of sulfone groups is 1. The van der Waals surface area contributed by atoms with Crippen LogP contribution in [0.15, 0.2) is 47.6 Å². The first-order valence-electron chi connectivity index (χ1n) is 7.47. The molecule has 1 atom stereocenters. The van der Waals surface area contributed by atoms with Gasteiger partial charge >= 0.3 is 0 Å². The van der Waals surface area contributed by atoms with Crippen molar-refractivity contribution in [1.29, 1.82) is 0 Å². The van der Waals surface area contributed by atoms with Crippen molar-refractivity contribution in [2.24, 2.45) is 0 Å². The number of carbonyl (C=O) groups excluding carboxylic acids is 1. The maximum atomic E-state index is 12.8. The number of carbonyl (C=O) groups is 1. The average molecular weight is 330 g/mol. The second kappa shape index (κ2) is 5.77. The molecule has 1 amide bonds. The van der Waals surface area contributed by atoms with E-state index in [2.05, 4.69) is 4.98 Å². The number of aryl methyl sites for hydroxylation is 1. The molecular weight excluding hydrogens is 312 g/mol. The summed E-state index contributed by atoms with van der Waals surface area (Å²) in [5, 5.41) is 0. The zero-order valence-corrected chi connectivity index (χ0v) is 13.9. The molecule has 23 heavy (non-hydrogen) atoms. The van der Waals surface area contributed by atoms with Crippen molar-refractivity contribution in [2.75, 3.05) is 12.8 Å². The van der Waals surface area contributed by atoms with Gasteiger partial charge in [0.2, 0.25) is 0 Å². The smallest absolute Gasteiger partial charge is 0.254 e. The minimum Gasteiger partial charge on any atom is -0.334 e. The standard InChI is InChI=1S/C17H18N2O3S/c1-3-12-10-18-9-8-13(12)17(20)19(2)15-11-23(21,22)16-7-5-4-6-14(15)16/h4-10,15H,3,11H2,1-2H3. The van der Waals surface area contributed by atoms with Crippen LogP contribution in [0.5, 0.6) is 0 Å². The third-order valence-corrected chi connectivity index (χ3v) is 6.09. The molecule has 2 heterocycles. The Labute approximate surface area is 135 Å². The summed E-state index contributed by atoms with van der Waals surface area (Å²) in [7, 11) is -1.68. The number of nitrogens with zero attached hydrogens (tertiary/aromatic N) is 2. The highest BCUT2D eigenvalue weighted by atomic mass is 32.2. The molecule has 0 N–H and O–H groups in total. The predicted octanol–water partition coefficient (Wildman–Crippen LogP) is 2.24. The van der Waals surface area contributed by atoms with Gasteiger partial charge in [0, 0.05) is 25.0 Å². The first kappa shape index (κ1) is 15.7. The van der Waals surface area contributed by atoms with Gasteiger partial charge in [-0.05, 0) is 29.7 Å². The first-order valence-corrected chi connectivity index (χ1v) is 9.12. The van der Waals surface area contributed by atoms with Crippen molar-refractivity contribution < 1.29 is 13.2 Å². The molecule has 0 bridgehead atoms. The van der Waals surface area contributed by atoms with E-state index < -0.39 is 15.9 Å². The Morgan fingerprint density at radius 1 is 1.30 bits per heavy atom. The van der Waals surface area contributed by atoms with Gasteiger partial charge in [0.1, 0.15) is 0 Å². The molecule has 0 saturated heterocycles. The van der Waals surface area contributed by atoms with Crippen molar-refractivity contribution in [3.63, 3.8) is 0 Å². The van der Waals surface area contributed by atoms with E-state index in [1.807, 2.05) is 6.92 Å². The summed E-state index contributed by atoms with van der Waals surface area (Å²) in [6.45, 7) is 1.96. The predicted molar refractivity (Wildman–Crippen MR) is 86.9 cm³/mol. The molecule has 0 spiro atoms. The van der Waals surface area contributed by atoms with Crippen LogP contribution in [0, 0.1) is 0 Å². The molecular formula is C17H18N2O3S. The second-order valence-corrected chi connectivity index (χ2v) is 7.64. The highest BCUT2D eigenvalue weighted by molar-refractivity contribution is 7.91. The van der Waals surface area contributed by atoms with E-state index in [-0.39, 0.29) is 11.7 Å². The minimum absolute atomic E-state index is 0.0683. The molecule has 1 aliphatic heterocycles. The van der Waals surface area contributed by atoms with Gasteiger partial charge in [0.15, 0.2) is 9.84 Å². The number of pyridine rings is 1. The van der Waals surface area contributed by atoms with Gasteiger partial charge in [-0.1, -0.05) is 25.1 Å². The molecule has 0 radical (unpaired) electrons. The van der Waals surface area contributed by atoms with Crippen LogP contribution in [-0.4, -0.2) is 37.0 Å². The number of rotatable bonds is 3. The lowest BCUT2D eigenvalue weighted by Crippen LogP contribution is -2.32. The largest absolute Gasteiger partial charge is 0.334 e. The molecule has 1 aliphatic rings. The fourth-order valence-corrected chi connectivity index (χ4v) is 4.84. The monoisotopic (exact) mass is 330 g/mol. The maximum Gasteiger partial charge on any atom is 0.254 e. The molecule has 5 nitrogen and oxygen atoms in total. The van der Waals surface area contributed by atoms with Crippen molar-refractivity contribution >= 4 is 15.7 Å². The lowest BCUT2D eigenvalue weighted by molar-refractivity contribution is 0.0744. The maximum absolute atomic E-state index is 12.8. The van der Waals surface area contributed by atoms with Gasteiger partial charge in [0.05, 0.1) is 16.7 Å². The van der Waals surface area contributed by atoms with Crippen molar-refractivity contribution in [2.45, 2.75) is 24.3 Å². The molecule has 1 aromatic heterocycles. The Hall–Kier alpha value is -2.21. The fraction of sp³-hybridized carbons (Fsp3) is 0.294. The summed E-state index contributed by atoms with van der Waals surface area (Å²) in [5.74, 6) is -0.248. The van der Waals surface area contributed by atoms with Gasteiger partial charge in [0.25, 0.3) is 5.91 Å². The van der Waals surface area contributed by atoms with Crippen LogP contribution >= 0.6 is 0 Å². The van der Waals surface area contributed by atoms with Crippen LogP contribution in [0.25, 0.3) is 0 Å².